The molecule has 0 saturated heterocycles. The summed E-state index contributed by atoms with van der Waals surface area (Å²) in [4.78, 5) is 12.0. The van der Waals surface area contributed by atoms with Crippen LogP contribution in [-0.4, -0.2) is 25.1 Å². The zero-order valence-corrected chi connectivity index (χ0v) is 19.2. The van der Waals surface area contributed by atoms with Gasteiger partial charge in [0.2, 0.25) is 0 Å². The Kier molecular flexibility index (Phi) is 6.80. The van der Waals surface area contributed by atoms with Crippen LogP contribution in [0.15, 0.2) is 40.9 Å². The lowest BCUT2D eigenvalue weighted by Crippen LogP contribution is -2.21. The van der Waals surface area contributed by atoms with E-state index in [0.717, 1.165) is 28.2 Å². The molecule has 1 N–H and O–H groups in total. The molecule has 3 aromatic rings. The Bertz CT molecular complexity index is 1100. The number of nitrogens with one attached hydrogen (secondary N) is 1. The van der Waals surface area contributed by atoms with Gasteiger partial charge in [-0.05, 0) is 42.5 Å². The molecule has 1 aromatic carbocycles. The number of hydrogen-bond donors (Lipinski definition) is 1. The number of halogens is 1. The fourth-order valence-electron chi connectivity index (χ4n) is 3.07. The second-order valence-corrected chi connectivity index (χ2v) is 10.6. The molecule has 0 unspecified atom stereocenters. The molecule has 0 fully saturated rings. The Morgan fingerprint density at radius 3 is 2.66 bits per heavy atom. The third kappa shape index (κ3) is 5.07. The first kappa shape index (κ1) is 22.0. The van der Waals surface area contributed by atoms with Crippen molar-refractivity contribution in [3.63, 3.8) is 0 Å². The van der Waals surface area contributed by atoms with Crippen molar-refractivity contribution in [1.29, 1.82) is 0 Å². The van der Waals surface area contributed by atoms with Crippen LogP contribution in [0.5, 0.6) is 0 Å². The van der Waals surface area contributed by atoms with Gasteiger partial charge in [-0.15, -0.1) is 11.3 Å². The van der Waals surface area contributed by atoms with Gasteiger partial charge in [0.1, 0.15) is 10.0 Å². The predicted octanol–water partition coefficient (Wildman–Crippen LogP) is 4.66. The van der Waals surface area contributed by atoms with E-state index in [1.165, 1.54) is 18.4 Å². The van der Waals surface area contributed by atoms with Gasteiger partial charge in [0.15, 0.2) is 0 Å². The van der Waals surface area contributed by atoms with Gasteiger partial charge in [0.05, 0.1) is 13.7 Å². The summed E-state index contributed by atoms with van der Waals surface area (Å²) < 4.78 is 27.5. The fraction of sp³-hybridized carbons (Fsp3) is 0.350. The first-order chi connectivity index (χ1) is 13.7. The van der Waals surface area contributed by atoms with E-state index < -0.39 is 10.0 Å². The molecule has 0 saturated carbocycles. The highest BCUT2D eigenvalue weighted by atomic mass is 35.5. The monoisotopic (exact) mass is 453 g/mol. The number of aryl methyl sites for hydroxylation is 1. The quantitative estimate of drug-likeness (QED) is 0.503. The summed E-state index contributed by atoms with van der Waals surface area (Å²) in [6, 6.07) is 7.58. The highest BCUT2D eigenvalue weighted by Crippen LogP contribution is 2.37. The van der Waals surface area contributed by atoms with Crippen molar-refractivity contribution in [3.8, 4) is 11.1 Å². The van der Waals surface area contributed by atoms with Crippen molar-refractivity contribution in [3.05, 3.63) is 57.9 Å². The normalized spacial score (nSPS) is 12.1. The zero-order valence-electron chi connectivity index (χ0n) is 16.8. The summed E-state index contributed by atoms with van der Waals surface area (Å²) >= 11 is 7.81. The minimum absolute atomic E-state index is 0.226. The molecule has 0 aliphatic carbocycles. The lowest BCUT2D eigenvalue weighted by Gasteiger charge is -2.10. The summed E-state index contributed by atoms with van der Waals surface area (Å²) in [6.07, 6.45) is 4.45. The van der Waals surface area contributed by atoms with Crippen molar-refractivity contribution < 1.29 is 13.3 Å². The minimum Gasteiger partial charge on any atom is -0.331 e. The van der Waals surface area contributed by atoms with Crippen LogP contribution in [0.25, 0.3) is 11.1 Å². The summed E-state index contributed by atoms with van der Waals surface area (Å²) in [7, 11) is -2.50. The van der Waals surface area contributed by atoms with Gasteiger partial charge < -0.3 is 4.57 Å². The molecule has 0 atom stereocenters. The molecule has 156 valence electrons. The fourth-order valence-corrected chi connectivity index (χ4v) is 6.05. The third-order valence-corrected chi connectivity index (χ3v) is 7.73. The van der Waals surface area contributed by atoms with Crippen molar-refractivity contribution in [1.82, 2.24) is 14.4 Å². The molecular formula is C20H24ClN3O3S2. The van der Waals surface area contributed by atoms with E-state index in [1.807, 2.05) is 42.0 Å². The molecule has 29 heavy (non-hydrogen) atoms. The summed E-state index contributed by atoms with van der Waals surface area (Å²) in [5.41, 5.74) is 2.32. The predicted molar refractivity (Wildman–Crippen MR) is 117 cm³/mol. The van der Waals surface area contributed by atoms with Crippen LogP contribution in [0, 0.1) is 12.8 Å². The molecule has 0 amide bonds. The van der Waals surface area contributed by atoms with Gasteiger partial charge in [-0.2, -0.15) is 0 Å². The zero-order chi connectivity index (χ0) is 21.2. The summed E-state index contributed by atoms with van der Waals surface area (Å²) in [5.74, 6) is 1.32. The molecule has 0 radical (unpaired) electrons. The lowest BCUT2D eigenvalue weighted by molar-refractivity contribution is 0.153. The number of nitrogens with zero attached hydrogens (tertiary/aromatic N) is 2. The molecule has 9 heteroatoms. The van der Waals surface area contributed by atoms with Crippen LogP contribution in [-0.2, 0) is 27.8 Å². The first-order valence-corrected chi connectivity index (χ1v) is 11.8. The second-order valence-electron chi connectivity index (χ2n) is 7.21. The van der Waals surface area contributed by atoms with E-state index in [-0.39, 0.29) is 4.21 Å². The maximum atomic E-state index is 12.7. The number of benzene rings is 1. The number of sulfonamides is 1. The van der Waals surface area contributed by atoms with Crippen LogP contribution >= 0.6 is 22.9 Å². The number of imidazole rings is 1. The Labute approximate surface area is 180 Å². The molecule has 0 aliphatic rings. The molecule has 2 heterocycles. The van der Waals surface area contributed by atoms with Crippen LogP contribution in [0.4, 0.5) is 0 Å². The topological polar surface area (TPSA) is 73.2 Å². The van der Waals surface area contributed by atoms with Crippen LogP contribution in [0.1, 0.15) is 30.1 Å². The second kappa shape index (κ2) is 8.97. The number of rotatable bonds is 8. The largest absolute Gasteiger partial charge is 0.331 e. The van der Waals surface area contributed by atoms with Crippen molar-refractivity contribution in [2.24, 2.45) is 5.92 Å². The average molecular weight is 454 g/mol. The Balaban J connectivity index is 2.01. The first-order valence-electron chi connectivity index (χ1n) is 9.15. The highest BCUT2D eigenvalue weighted by molar-refractivity contribution is 7.91. The van der Waals surface area contributed by atoms with Gasteiger partial charge >= 0.3 is 0 Å². The van der Waals surface area contributed by atoms with E-state index in [9.17, 15) is 8.42 Å². The van der Waals surface area contributed by atoms with Gasteiger partial charge in [-0.25, -0.2) is 13.4 Å². The standard InChI is InChI=1S/C20H24ClN3O3S2/c1-13(2)9-17-11-18(20(28-17)29(25,26)23-27-4)15-5-6-16(19(21)10-15)12-24-8-7-22-14(24)3/h5-8,10-11,13,23H,9,12H2,1-4H3. The van der Waals surface area contributed by atoms with Gasteiger partial charge in [-0.3, -0.25) is 4.84 Å². The molecule has 2 aromatic heterocycles. The van der Waals surface area contributed by atoms with Crippen molar-refractivity contribution in [2.75, 3.05) is 7.11 Å². The van der Waals surface area contributed by atoms with Crippen molar-refractivity contribution >= 4 is 33.0 Å². The summed E-state index contributed by atoms with van der Waals surface area (Å²) in [6.45, 7) is 6.74. The summed E-state index contributed by atoms with van der Waals surface area (Å²) in [5, 5.41) is 0.579. The van der Waals surface area contributed by atoms with Gasteiger partial charge in [0, 0.05) is 27.9 Å². The maximum absolute atomic E-state index is 12.7. The molecule has 6 nitrogen and oxygen atoms in total. The molecule has 0 aliphatic heterocycles. The van der Waals surface area contributed by atoms with Crippen LogP contribution in [0.3, 0.4) is 0 Å². The highest BCUT2D eigenvalue weighted by Gasteiger charge is 2.24. The van der Waals surface area contributed by atoms with Crippen LogP contribution in [0.2, 0.25) is 5.02 Å². The number of hydrogen-bond acceptors (Lipinski definition) is 5. The van der Waals surface area contributed by atoms with Gasteiger partial charge in [0.25, 0.3) is 10.0 Å². The Hall–Kier alpha value is -1.71. The van der Waals surface area contributed by atoms with Gasteiger partial charge in [-0.1, -0.05) is 42.5 Å². The van der Waals surface area contributed by atoms with E-state index in [0.29, 0.717) is 23.0 Å². The molecule has 0 spiro atoms. The SMILES string of the molecule is CONS(=O)(=O)c1sc(CC(C)C)cc1-c1ccc(Cn2ccnc2C)c(Cl)c1. The Morgan fingerprint density at radius 1 is 1.31 bits per heavy atom. The molecular weight excluding hydrogens is 430 g/mol. The number of thiophene rings is 1. The third-order valence-electron chi connectivity index (χ3n) is 4.42. The lowest BCUT2D eigenvalue weighted by atomic mass is 10.0. The number of aromatic nitrogens is 2. The smallest absolute Gasteiger partial charge is 0.272 e. The minimum atomic E-state index is -3.78. The van der Waals surface area contributed by atoms with E-state index >= 15 is 0 Å². The Morgan fingerprint density at radius 2 is 2.07 bits per heavy atom. The average Bonchev–Trinajstić information content (AvgIpc) is 3.23. The molecule has 3 rings (SSSR count). The van der Waals surface area contributed by atoms with Crippen LogP contribution < -0.4 is 4.89 Å². The van der Waals surface area contributed by atoms with E-state index in [2.05, 4.69) is 28.6 Å². The van der Waals surface area contributed by atoms with E-state index in [1.54, 1.807) is 6.20 Å². The molecule has 0 bridgehead atoms. The maximum Gasteiger partial charge on any atom is 0.272 e. The van der Waals surface area contributed by atoms with Crippen molar-refractivity contribution in [2.45, 2.75) is 37.9 Å². The van der Waals surface area contributed by atoms with E-state index in [4.69, 9.17) is 11.6 Å².